The lowest BCUT2D eigenvalue weighted by Crippen LogP contribution is -2.45. The van der Waals surface area contributed by atoms with E-state index in [1.807, 2.05) is 31.1 Å². The number of piperidine rings is 1. The Morgan fingerprint density at radius 3 is 2.90 bits per heavy atom. The van der Waals surface area contributed by atoms with Crippen LogP contribution in [-0.2, 0) is 16.8 Å². The molecule has 0 spiro atoms. The summed E-state index contributed by atoms with van der Waals surface area (Å²) in [6.07, 6.45) is 3.73. The number of pyridine rings is 1. The van der Waals surface area contributed by atoms with Crippen molar-refractivity contribution in [2.24, 2.45) is 5.92 Å². The van der Waals surface area contributed by atoms with E-state index < -0.39 is 10.2 Å². The summed E-state index contributed by atoms with van der Waals surface area (Å²) in [6.45, 7) is 3.55. The summed E-state index contributed by atoms with van der Waals surface area (Å²) in [4.78, 5) is 6.16. The highest BCUT2D eigenvalue weighted by Gasteiger charge is 2.26. The topological polar surface area (TPSA) is 65.5 Å². The van der Waals surface area contributed by atoms with Crippen LogP contribution in [0.15, 0.2) is 18.3 Å². The average molecular weight is 312 g/mol. The summed E-state index contributed by atoms with van der Waals surface area (Å²) in [5.41, 5.74) is 0.871. The van der Waals surface area contributed by atoms with Crippen LogP contribution in [0.3, 0.4) is 0 Å². The van der Waals surface area contributed by atoms with E-state index in [0.717, 1.165) is 24.2 Å². The first-order chi connectivity index (χ1) is 9.90. The van der Waals surface area contributed by atoms with Gasteiger partial charge in [0.05, 0.1) is 0 Å². The molecule has 0 aromatic carbocycles. The van der Waals surface area contributed by atoms with E-state index in [-0.39, 0.29) is 6.54 Å². The van der Waals surface area contributed by atoms with Crippen molar-refractivity contribution in [2.75, 3.05) is 32.1 Å². The van der Waals surface area contributed by atoms with E-state index in [0.29, 0.717) is 19.0 Å². The van der Waals surface area contributed by atoms with Crippen LogP contribution < -0.4 is 9.62 Å². The molecule has 0 amide bonds. The van der Waals surface area contributed by atoms with E-state index in [9.17, 15) is 8.42 Å². The number of nitrogens with one attached hydrogen (secondary N) is 1. The maximum atomic E-state index is 12.4. The Bertz CT molecular complexity index is 574. The van der Waals surface area contributed by atoms with Gasteiger partial charge in [-0.3, -0.25) is 0 Å². The van der Waals surface area contributed by atoms with Gasteiger partial charge in [0.1, 0.15) is 5.82 Å². The molecule has 1 aromatic rings. The lowest BCUT2D eigenvalue weighted by atomic mass is 10.0. The third-order valence-electron chi connectivity index (χ3n) is 3.70. The minimum absolute atomic E-state index is 0.258. The van der Waals surface area contributed by atoms with Crippen LogP contribution in [-0.4, -0.2) is 44.9 Å². The van der Waals surface area contributed by atoms with Crippen molar-refractivity contribution in [3.8, 4) is 0 Å². The summed E-state index contributed by atoms with van der Waals surface area (Å²) in [7, 11) is 0.371. The van der Waals surface area contributed by atoms with Gasteiger partial charge < -0.3 is 4.90 Å². The molecule has 0 radical (unpaired) electrons. The van der Waals surface area contributed by atoms with Crippen LogP contribution in [0.2, 0.25) is 0 Å². The molecular formula is C14H24N4O2S. The Hall–Kier alpha value is -1.18. The van der Waals surface area contributed by atoms with Crippen molar-refractivity contribution in [1.82, 2.24) is 14.0 Å². The third kappa shape index (κ3) is 4.15. The summed E-state index contributed by atoms with van der Waals surface area (Å²) in [5.74, 6) is 1.21. The number of rotatable bonds is 5. The van der Waals surface area contributed by atoms with Gasteiger partial charge in [0.2, 0.25) is 0 Å². The Kier molecular flexibility index (Phi) is 5.18. The maximum Gasteiger partial charge on any atom is 0.279 e. The molecule has 1 atom stereocenters. The predicted molar refractivity (Wildman–Crippen MR) is 84.3 cm³/mol. The zero-order valence-electron chi connectivity index (χ0n) is 12.9. The van der Waals surface area contributed by atoms with E-state index >= 15 is 0 Å². The Morgan fingerprint density at radius 1 is 1.48 bits per heavy atom. The second-order valence-electron chi connectivity index (χ2n) is 5.81. The fraction of sp³-hybridized carbons (Fsp3) is 0.643. The molecule has 7 heteroatoms. The first-order valence-electron chi connectivity index (χ1n) is 7.26. The molecule has 2 rings (SSSR count). The van der Waals surface area contributed by atoms with Crippen molar-refractivity contribution in [3.05, 3.63) is 23.9 Å². The average Bonchev–Trinajstić information content (AvgIpc) is 2.45. The monoisotopic (exact) mass is 312 g/mol. The van der Waals surface area contributed by atoms with Gasteiger partial charge in [-0.05, 0) is 24.8 Å². The van der Waals surface area contributed by atoms with E-state index in [2.05, 4.69) is 16.6 Å². The normalized spacial score (nSPS) is 20.4. The smallest absolute Gasteiger partial charge is 0.279 e. The Morgan fingerprint density at radius 2 is 2.24 bits per heavy atom. The predicted octanol–water partition coefficient (Wildman–Crippen LogP) is 1.21. The number of hydrogen-bond donors (Lipinski definition) is 1. The highest BCUT2D eigenvalue weighted by molar-refractivity contribution is 7.87. The summed E-state index contributed by atoms with van der Waals surface area (Å²) < 4.78 is 29.0. The minimum atomic E-state index is -3.42. The number of nitrogens with zero attached hydrogens (tertiary/aromatic N) is 3. The first kappa shape index (κ1) is 16.2. The number of anilines is 1. The van der Waals surface area contributed by atoms with Crippen LogP contribution in [0.5, 0.6) is 0 Å². The van der Waals surface area contributed by atoms with Crippen LogP contribution in [0.1, 0.15) is 25.3 Å². The largest absolute Gasteiger partial charge is 0.362 e. The van der Waals surface area contributed by atoms with Gasteiger partial charge in [0, 0.05) is 45.5 Å². The molecule has 1 saturated heterocycles. The molecule has 2 heterocycles. The lowest BCUT2D eigenvalue weighted by Gasteiger charge is -2.30. The van der Waals surface area contributed by atoms with Gasteiger partial charge >= 0.3 is 0 Å². The first-order valence-corrected chi connectivity index (χ1v) is 8.70. The maximum absolute atomic E-state index is 12.4. The van der Waals surface area contributed by atoms with Gasteiger partial charge in [-0.25, -0.2) is 4.98 Å². The molecule has 6 nitrogen and oxygen atoms in total. The second kappa shape index (κ2) is 6.72. The van der Waals surface area contributed by atoms with E-state index in [1.54, 1.807) is 10.5 Å². The standard InChI is InChI=1S/C14H24N4O2S/c1-12-6-5-9-18(11-12)21(19,20)16-10-13-7-4-8-15-14(13)17(2)3/h4,7-8,12,16H,5-6,9-11H2,1-3H3. The zero-order valence-corrected chi connectivity index (χ0v) is 13.7. The van der Waals surface area contributed by atoms with Crippen molar-refractivity contribution in [1.29, 1.82) is 0 Å². The van der Waals surface area contributed by atoms with Crippen LogP contribution >= 0.6 is 0 Å². The van der Waals surface area contributed by atoms with Crippen molar-refractivity contribution >= 4 is 16.0 Å². The van der Waals surface area contributed by atoms with Gasteiger partial charge in [-0.15, -0.1) is 0 Å². The van der Waals surface area contributed by atoms with Crippen LogP contribution in [0.4, 0.5) is 5.82 Å². The minimum Gasteiger partial charge on any atom is -0.362 e. The molecule has 0 saturated carbocycles. The van der Waals surface area contributed by atoms with Crippen molar-refractivity contribution in [2.45, 2.75) is 26.3 Å². The molecule has 0 aliphatic carbocycles. The Labute approximate surface area is 127 Å². The molecule has 1 fully saturated rings. The van der Waals surface area contributed by atoms with Gasteiger partial charge in [0.15, 0.2) is 0 Å². The fourth-order valence-electron chi connectivity index (χ4n) is 2.60. The van der Waals surface area contributed by atoms with Crippen LogP contribution in [0.25, 0.3) is 0 Å². The molecular weight excluding hydrogens is 288 g/mol. The van der Waals surface area contributed by atoms with Crippen molar-refractivity contribution < 1.29 is 8.42 Å². The molecule has 1 N–H and O–H groups in total. The van der Waals surface area contributed by atoms with Gasteiger partial charge in [0.25, 0.3) is 10.2 Å². The number of hydrogen-bond acceptors (Lipinski definition) is 4. The SMILES string of the molecule is CC1CCCN(S(=O)(=O)NCc2cccnc2N(C)C)C1. The zero-order chi connectivity index (χ0) is 15.5. The fourth-order valence-corrected chi connectivity index (χ4v) is 3.94. The van der Waals surface area contributed by atoms with E-state index in [1.165, 1.54) is 0 Å². The quantitative estimate of drug-likeness (QED) is 0.887. The number of aromatic nitrogens is 1. The molecule has 118 valence electrons. The molecule has 1 aliphatic rings. The van der Waals surface area contributed by atoms with Gasteiger partial charge in [-0.1, -0.05) is 13.0 Å². The summed E-state index contributed by atoms with van der Waals surface area (Å²) in [6, 6.07) is 3.71. The highest BCUT2D eigenvalue weighted by Crippen LogP contribution is 2.19. The lowest BCUT2D eigenvalue weighted by molar-refractivity contribution is 0.278. The third-order valence-corrected chi connectivity index (χ3v) is 5.22. The van der Waals surface area contributed by atoms with Crippen molar-refractivity contribution in [3.63, 3.8) is 0 Å². The summed E-state index contributed by atoms with van der Waals surface area (Å²) >= 11 is 0. The highest BCUT2D eigenvalue weighted by atomic mass is 32.2. The molecule has 21 heavy (non-hydrogen) atoms. The van der Waals surface area contributed by atoms with Crippen LogP contribution in [0, 0.1) is 5.92 Å². The van der Waals surface area contributed by atoms with Gasteiger partial charge in [-0.2, -0.15) is 17.4 Å². The molecule has 1 aliphatic heterocycles. The molecule has 0 bridgehead atoms. The molecule has 1 unspecified atom stereocenters. The second-order valence-corrected chi connectivity index (χ2v) is 7.57. The molecule has 1 aromatic heterocycles. The summed E-state index contributed by atoms with van der Waals surface area (Å²) in [5, 5.41) is 0. The van der Waals surface area contributed by atoms with E-state index in [4.69, 9.17) is 0 Å². The Balaban J connectivity index is 2.05.